The van der Waals surface area contributed by atoms with Crippen molar-refractivity contribution in [2.75, 3.05) is 38.2 Å². The van der Waals surface area contributed by atoms with Gasteiger partial charge in [-0.3, -0.25) is 9.59 Å². The zero-order valence-electron chi connectivity index (χ0n) is 20.1. The maximum atomic E-state index is 12.2. The van der Waals surface area contributed by atoms with Gasteiger partial charge in [0.1, 0.15) is 17.5 Å². The molecule has 0 aliphatic carbocycles. The van der Waals surface area contributed by atoms with Crippen LogP contribution in [0.15, 0.2) is 31.1 Å². The summed E-state index contributed by atoms with van der Waals surface area (Å²) in [4.78, 5) is 36.3. The molecule has 11 heteroatoms. The first-order valence-corrected chi connectivity index (χ1v) is 11.7. The molecule has 0 bridgehead atoms. The third-order valence-electron chi connectivity index (χ3n) is 6.27. The van der Waals surface area contributed by atoms with Crippen LogP contribution in [0.4, 0.5) is 17.3 Å². The number of hydrogen-bond acceptors (Lipinski definition) is 7. The van der Waals surface area contributed by atoms with E-state index in [0.717, 1.165) is 24.0 Å². The van der Waals surface area contributed by atoms with E-state index in [1.165, 1.54) is 12.4 Å². The molecule has 0 saturated carbocycles. The maximum absolute atomic E-state index is 12.2. The number of aromatic nitrogens is 4. The molecule has 1 aromatic carbocycles. The number of likely N-dealkylation sites (N-methyl/N-ethyl adjacent to an activating group) is 1. The van der Waals surface area contributed by atoms with Gasteiger partial charge >= 0.3 is 0 Å². The highest BCUT2D eigenvalue weighted by Gasteiger charge is 2.28. The van der Waals surface area contributed by atoms with Crippen molar-refractivity contribution >= 4 is 51.8 Å². The lowest BCUT2D eigenvalue weighted by Crippen LogP contribution is -2.40. The van der Waals surface area contributed by atoms with E-state index in [4.69, 9.17) is 22.4 Å². The molecule has 3 N–H and O–H groups in total. The molecule has 0 radical (unpaired) electrons. The number of fused-ring (bicyclic) bond motifs is 1. The topological polar surface area (TPSA) is 122 Å². The Bertz CT molecular complexity index is 1300. The standard InChI is InChI=1S/C24H29ClN8O2/c1-5-19(34)32-8-6-7-16(12-32)33-24-21(22(26)27-13-28-24)23(30-33)29-18-9-14(2)15(10-17(18)25)11-20(35)31(3)4/h5,9-10,13,16H,1,6-8,11-12H2,2-4H3,(H,29,30)(H2,26,27,28). The minimum atomic E-state index is -0.103. The molecule has 10 nitrogen and oxygen atoms in total. The fourth-order valence-corrected chi connectivity index (χ4v) is 4.51. The van der Waals surface area contributed by atoms with Crippen molar-refractivity contribution in [3.8, 4) is 0 Å². The van der Waals surface area contributed by atoms with Crippen LogP contribution in [0.3, 0.4) is 0 Å². The summed E-state index contributed by atoms with van der Waals surface area (Å²) in [6, 6.07) is 3.60. The molecule has 184 valence electrons. The molecule has 1 atom stereocenters. The Morgan fingerprint density at radius 1 is 1.34 bits per heavy atom. The largest absolute Gasteiger partial charge is 0.383 e. The van der Waals surface area contributed by atoms with Gasteiger partial charge in [0.05, 0.1) is 23.2 Å². The molecule has 2 aromatic heterocycles. The molecular weight excluding hydrogens is 468 g/mol. The van der Waals surface area contributed by atoms with Gasteiger partial charge in [0.25, 0.3) is 0 Å². The second kappa shape index (κ2) is 9.91. The molecule has 2 amide bonds. The number of hydrogen-bond donors (Lipinski definition) is 2. The molecule has 1 aliphatic heterocycles. The Balaban J connectivity index is 1.69. The summed E-state index contributed by atoms with van der Waals surface area (Å²) in [6.07, 6.45) is 4.68. The van der Waals surface area contributed by atoms with E-state index >= 15 is 0 Å². The Labute approximate surface area is 208 Å². The summed E-state index contributed by atoms with van der Waals surface area (Å²) in [5.74, 6) is 0.660. The number of nitrogens with zero attached hydrogens (tertiary/aromatic N) is 6. The summed E-state index contributed by atoms with van der Waals surface area (Å²) in [6.45, 7) is 6.71. The second-order valence-electron chi connectivity index (χ2n) is 8.88. The van der Waals surface area contributed by atoms with Gasteiger partial charge in [-0.25, -0.2) is 14.6 Å². The Hall–Kier alpha value is -3.66. The van der Waals surface area contributed by atoms with Gasteiger partial charge in [0.15, 0.2) is 11.5 Å². The first-order chi connectivity index (χ1) is 16.7. The highest BCUT2D eigenvalue weighted by atomic mass is 35.5. The number of benzene rings is 1. The molecule has 4 rings (SSSR count). The summed E-state index contributed by atoms with van der Waals surface area (Å²) in [5, 5.41) is 9.12. The average Bonchev–Trinajstić information content (AvgIpc) is 3.21. The monoisotopic (exact) mass is 496 g/mol. The van der Waals surface area contributed by atoms with Crippen molar-refractivity contribution < 1.29 is 9.59 Å². The number of aryl methyl sites for hydroxylation is 1. The van der Waals surface area contributed by atoms with E-state index < -0.39 is 0 Å². The normalized spacial score (nSPS) is 15.8. The van der Waals surface area contributed by atoms with Crippen LogP contribution in [-0.4, -0.2) is 68.5 Å². The van der Waals surface area contributed by atoms with Crippen LogP contribution < -0.4 is 11.1 Å². The zero-order chi connectivity index (χ0) is 25.3. The number of nitrogens with two attached hydrogens (primary N) is 1. The first kappa shape index (κ1) is 24.5. The van der Waals surface area contributed by atoms with Crippen LogP contribution in [0, 0.1) is 6.92 Å². The first-order valence-electron chi connectivity index (χ1n) is 11.4. The number of carbonyl (C=O) groups excluding carboxylic acids is 2. The molecule has 0 spiro atoms. The molecule has 3 heterocycles. The predicted octanol–water partition coefficient (Wildman–Crippen LogP) is 3.09. The number of piperidine rings is 1. The van der Waals surface area contributed by atoms with Gasteiger partial charge in [-0.15, -0.1) is 0 Å². The van der Waals surface area contributed by atoms with Crippen LogP contribution in [0.25, 0.3) is 11.0 Å². The van der Waals surface area contributed by atoms with E-state index in [1.54, 1.807) is 30.0 Å². The Morgan fingerprint density at radius 2 is 2.11 bits per heavy atom. The van der Waals surface area contributed by atoms with E-state index in [2.05, 4.69) is 21.9 Å². The second-order valence-corrected chi connectivity index (χ2v) is 9.29. The van der Waals surface area contributed by atoms with Gasteiger partial charge in [-0.05, 0) is 49.1 Å². The lowest BCUT2D eigenvalue weighted by molar-refractivity contribution is -0.128. The van der Waals surface area contributed by atoms with Gasteiger partial charge in [-0.2, -0.15) is 5.10 Å². The van der Waals surface area contributed by atoms with Gasteiger partial charge in [0, 0.05) is 27.2 Å². The smallest absolute Gasteiger partial charge is 0.246 e. The molecular formula is C24H29ClN8O2. The quantitative estimate of drug-likeness (QED) is 0.503. The minimum absolute atomic E-state index is 0.00371. The molecule has 1 unspecified atom stereocenters. The number of amides is 2. The van der Waals surface area contributed by atoms with E-state index in [1.807, 2.05) is 17.7 Å². The third kappa shape index (κ3) is 4.93. The number of carbonyl (C=O) groups is 2. The fourth-order valence-electron chi connectivity index (χ4n) is 4.28. The third-order valence-corrected chi connectivity index (χ3v) is 6.58. The predicted molar refractivity (Wildman–Crippen MR) is 137 cm³/mol. The maximum Gasteiger partial charge on any atom is 0.246 e. The molecule has 1 fully saturated rings. The number of rotatable bonds is 6. The highest BCUT2D eigenvalue weighted by molar-refractivity contribution is 6.33. The summed E-state index contributed by atoms with van der Waals surface area (Å²) in [5.41, 5.74) is 9.22. The van der Waals surface area contributed by atoms with E-state index in [9.17, 15) is 9.59 Å². The van der Waals surface area contributed by atoms with Gasteiger partial charge < -0.3 is 20.9 Å². The molecule has 1 saturated heterocycles. The number of likely N-dealkylation sites (tertiary alicyclic amines) is 1. The SMILES string of the molecule is C=CC(=O)N1CCCC(n2nc(Nc3cc(C)c(CC(=O)N(C)C)cc3Cl)c3c(N)ncnc32)C1. The number of nitrogen functional groups attached to an aromatic ring is 1. The summed E-state index contributed by atoms with van der Waals surface area (Å²) in [7, 11) is 3.45. The molecule has 1 aliphatic rings. The van der Waals surface area contributed by atoms with Crippen molar-refractivity contribution in [1.82, 2.24) is 29.5 Å². The highest BCUT2D eigenvalue weighted by Crippen LogP contribution is 2.35. The van der Waals surface area contributed by atoms with Crippen LogP contribution in [0.1, 0.15) is 30.0 Å². The Morgan fingerprint density at radius 3 is 2.83 bits per heavy atom. The van der Waals surface area contributed by atoms with Crippen molar-refractivity contribution in [3.63, 3.8) is 0 Å². The minimum Gasteiger partial charge on any atom is -0.383 e. The lowest BCUT2D eigenvalue weighted by Gasteiger charge is -2.32. The molecule has 35 heavy (non-hydrogen) atoms. The number of halogens is 1. The van der Waals surface area contributed by atoms with Crippen LogP contribution in [-0.2, 0) is 16.0 Å². The van der Waals surface area contributed by atoms with Crippen molar-refractivity contribution in [2.24, 2.45) is 0 Å². The van der Waals surface area contributed by atoms with Crippen molar-refractivity contribution in [2.45, 2.75) is 32.2 Å². The fraction of sp³-hybridized carbons (Fsp3) is 0.375. The number of anilines is 3. The lowest BCUT2D eigenvalue weighted by atomic mass is 10.0. The van der Waals surface area contributed by atoms with Crippen LogP contribution in [0.5, 0.6) is 0 Å². The average molecular weight is 497 g/mol. The van der Waals surface area contributed by atoms with Crippen LogP contribution in [0.2, 0.25) is 5.02 Å². The van der Waals surface area contributed by atoms with E-state index in [0.29, 0.717) is 46.5 Å². The summed E-state index contributed by atoms with van der Waals surface area (Å²) < 4.78 is 1.81. The van der Waals surface area contributed by atoms with E-state index in [-0.39, 0.29) is 24.3 Å². The van der Waals surface area contributed by atoms with Crippen LogP contribution >= 0.6 is 11.6 Å². The Kier molecular flexibility index (Phi) is 6.93. The summed E-state index contributed by atoms with van der Waals surface area (Å²) >= 11 is 6.59. The number of nitrogens with one attached hydrogen (secondary N) is 1. The van der Waals surface area contributed by atoms with Gasteiger partial charge in [-0.1, -0.05) is 18.2 Å². The van der Waals surface area contributed by atoms with Crippen molar-refractivity contribution in [3.05, 3.63) is 47.3 Å². The molecule has 3 aromatic rings. The van der Waals surface area contributed by atoms with Crippen molar-refractivity contribution in [1.29, 1.82) is 0 Å². The van der Waals surface area contributed by atoms with Gasteiger partial charge in [0.2, 0.25) is 11.8 Å². The zero-order valence-corrected chi connectivity index (χ0v) is 20.8.